The van der Waals surface area contributed by atoms with Gasteiger partial charge in [-0.2, -0.15) is 0 Å². The van der Waals surface area contributed by atoms with E-state index in [1.165, 1.54) is 11.8 Å². The zero-order valence-electron chi connectivity index (χ0n) is 16.0. The minimum Gasteiger partial charge on any atom is -0.497 e. The van der Waals surface area contributed by atoms with Crippen LogP contribution in [0, 0.1) is 0 Å². The Morgan fingerprint density at radius 2 is 1.79 bits per heavy atom. The van der Waals surface area contributed by atoms with Crippen molar-refractivity contribution in [1.29, 1.82) is 0 Å². The number of aromatic amines is 1. The molecule has 2 N–H and O–H groups in total. The molecule has 0 amide bonds. The Balaban J connectivity index is 1.66. The van der Waals surface area contributed by atoms with Gasteiger partial charge in [0.2, 0.25) is 15.2 Å². The van der Waals surface area contributed by atoms with E-state index in [1.54, 1.807) is 38.3 Å². The predicted octanol–water partition coefficient (Wildman–Crippen LogP) is 3.22. The summed E-state index contributed by atoms with van der Waals surface area (Å²) in [6, 6.07) is 13.7. The van der Waals surface area contributed by atoms with Gasteiger partial charge in [0.05, 0.1) is 18.6 Å². The Kier molecular flexibility index (Phi) is 6.23. The summed E-state index contributed by atoms with van der Waals surface area (Å²) in [6.45, 7) is 1.78. The number of thioether (sulfide) groups is 1. The normalized spacial score (nSPS) is 12.4. The summed E-state index contributed by atoms with van der Waals surface area (Å²) in [4.78, 5) is 17.1. The molecule has 29 heavy (non-hydrogen) atoms. The number of sulfonamides is 1. The van der Waals surface area contributed by atoms with Gasteiger partial charge in [-0.3, -0.25) is 14.6 Å². The third-order valence-corrected chi connectivity index (χ3v) is 5.52. The fourth-order valence-corrected chi connectivity index (χ4v) is 3.91. The summed E-state index contributed by atoms with van der Waals surface area (Å²) in [5.74, 6) is 1.25. The van der Waals surface area contributed by atoms with E-state index in [4.69, 9.17) is 4.74 Å². The number of hydrogen-bond donors (Lipinski definition) is 2. The smallest absolute Gasteiger partial charge is 0.229 e. The van der Waals surface area contributed by atoms with Gasteiger partial charge < -0.3 is 4.74 Å². The zero-order chi connectivity index (χ0) is 21.0. The molecule has 1 unspecified atom stereocenters. The van der Waals surface area contributed by atoms with Gasteiger partial charge >= 0.3 is 0 Å². The number of aromatic nitrogens is 3. The number of carbonyl (C=O) groups excluding carboxylic acids is 1. The molecule has 0 saturated heterocycles. The second kappa shape index (κ2) is 8.66. The van der Waals surface area contributed by atoms with Crippen LogP contribution in [0.2, 0.25) is 0 Å². The molecule has 8 nitrogen and oxygen atoms in total. The number of ketones is 1. The molecule has 0 saturated carbocycles. The lowest BCUT2D eigenvalue weighted by Gasteiger charge is -2.09. The van der Waals surface area contributed by atoms with Gasteiger partial charge in [-0.1, -0.05) is 11.8 Å². The Hall–Kier alpha value is -2.85. The van der Waals surface area contributed by atoms with Crippen LogP contribution in [0.15, 0.2) is 53.7 Å². The van der Waals surface area contributed by atoms with Crippen molar-refractivity contribution in [2.45, 2.75) is 17.3 Å². The Bertz CT molecular complexity index is 1090. The number of hydrogen-bond acceptors (Lipinski definition) is 7. The van der Waals surface area contributed by atoms with Crippen LogP contribution in [0.25, 0.3) is 11.4 Å². The quantitative estimate of drug-likeness (QED) is 0.415. The van der Waals surface area contributed by atoms with Crippen molar-refractivity contribution < 1.29 is 17.9 Å². The molecule has 0 aliphatic heterocycles. The number of anilines is 1. The van der Waals surface area contributed by atoms with E-state index < -0.39 is 15.3 Å². The van der Waals surface area contributed by atoms with E-state index in [2.05, 4.69) is 19.9 Å². The number of methoxy groups -OCH3 is 1. The van der Waals surface area contributed by atoms with Crippen LogP contribution >= 0.6 is 11.8 Å². The van der Waals surface area contributed by atoms with Crippen molar-refractivity contribution in [3.05, 3.63) is 54.1 Å². The average Bonchev–Trinajstić information content (AvgIpc) is 3.15. The fourth-order valence-electron chi connectivity index (χ4n) is 2.54. The Morgan fingerprint density at radius 1 is 1.14 bits per heavy atom. The first-order valence-corrected chi connectivity index (χ1v) is 11.4. The van der Waals surface area contributed by atoms with Crippen molar-refractivity contribution >= 4 is 33.3 Å². The van der Waals surface area contributed by atoms with Crippen LogP contribution in [0.4, 0.5) is 5.69 Å². The maximum absolute atomic E-state index is 12.7. The SMILES string of the molecule is COc1ccc(-c2nc(SC(C)C(=O)c3ccc(NS(C)(=O)=O)cc3)n[nH]2)cc1. The Labute approximate surface area is 173 Å². The van der Waals surface area contributed by atoms with Gasteiger partial charge in [-0.25, -0.2) is 13.4 Å². The molecular weight excluding hydrogens is 412 g/mol. The highest BCUT2D eigenvalue weighted by atomic mass is 32.2. The van der Waals surface area contributed by atoms with Crippen molar-refractivity contribution in [2.24, 2.45) is 0 Å². The first kappa shape index (κ1) is 20.9. The van der Waals surface area contributed by atoms with Gasteiger partial charge in [0.1, 0.15) is 5.75 Å². The van der Waals surface area contributed by atoms with E-state index >= 15 is 0 Å². The maximum atomic E-state index is 12.7. The molecule has 152 valence electrons. The first-order valence-electron chi connectivity index (χ1n) is 8.61. The van der Waals surface area contributed by atoms with Crippen molar-refractivity contribution in [3.8, 4) is 17.1 Å². The lowest BCUT2D eigenvalue weighted by Crippen LogP contribution is -2.14. The molecule has 0 spiro atoms. The molecule has 0 radical (unpaired) electrons. The molecule has 0 aliphatic rings. The highest BCUT2D eigenvalue weighted by Crippen LogP contribution is 2.26. The van der Waals surface area contributed by atoms with E-state index in [0.29, 0.717) is 22.2 Å². The highest BCUT2D eigenvalue weighted by Gasteiger charge is 2.19. The molecule has 3 rings (SSSR count). The lowest BCUT2D eigenvalue weighted by atomic mass is 10.1. The molecule has 10 heteroatoms. The molecular formula is C19H20N4O4S2. The number of ether oxygens (including phenoxy) is 1. The summed E-state index contributed by atoms with van der Waals surface area (Å²) in [6.07, 6.45) is 1.07. The molecule has 2 aromatic carbocycles. The number of Topliss-reactive ketones (excluding diaryl/α,β-unsaturated/α-hetero) is 1. The van der Waals surface area contributed by atoms with E-state index in [9.17, 15) is 13.2 Å². The number of benzene rings is 2. The number of H-pyrrole nitrogens is 1. The summed E-state index contributed by atoms with van der Waals surface area (Å²) in [7, 11) is -1.75. The van der Waals surface area contributed by atoms with Gasteiger partial charge in [-0.05, 0) is 55.5 Å². The standard InChI is InChI=1S/C19H20N4O4S2/c1-12(17(24)13-4-8-15(9-5-13)23-29(3,25)26)28-19-20-18(21-22-19)14-6-10-16(27-2)11-7-14/h4-12,23H,1-3H3,(H,20,21,22). The van der Waals surface area contributed by atoms with Gasteiger partial charge in [0.25, 0.3) is 0 Å². The zero-order valence-corrected chi connectivity index (χ0v) is 17.7. The van der Waals surface area contributed by atoms with E-state index in [1.807, 2.05) is 24.3 Å². The fraction of sp³-hybridized carbons (Fsp3) is 0.211. The maximum Gasteiger partial charge on any atom is 0.229 e. The number of carbonyl (C=O) groups is 1. The second-order valence-electron chi connectivity index (χ2n) is 6.27. The van der Waals surface area contributed by atoms with Gasteiger partial charge in [-0.15, -0.1) is 5.10 Å². The number of rotatable bonds is 8. The largest absolute Gasteiger partial charge is 0.497 e. The van der Waals surface area contributed by atoms with Crippen LogP contribution in [0.3, 0.4) is 0 Å². The summed E-state index contributed by atoms with van der Waals surface area (Å²) < 4.78 is 30.0. The minimum absolute atomic E-state index is 0.100. The van der Waals surface area contributed by atoms with E-state index in [0.717, 1.165) is 17.6 Å². The molecule has 1 heterocycles. The molecule has 1 atom stereocenters. The van der Waals surface area contributed by atoms with Crippen molar-refractivity contribution in [2.75, 3.05) is 18.1 Å². The lowest BCUT2D eigenvalue weighted by molar-refractivity contribution is 0.0994. The van der Waals surface area contributed by atoms with Gasteiger partial charge in [0, 0.05) is 16.8 Å². The molecule has 0 aliphatic carbocycles. The predicted molar refractivity (Wildman–Crippen MR) is 113 cm³/mol. The van der Waals surface area contributed by atoms with Gasteiger partial charge in [0.15, 0.2) is 11.6 Å². The Morgan fingerprint density at radius 3 is 2.38 bits per heavy atom. The highest BCUT2D eigenvalue weighted by molar-refractivity contribution is 8.00. The van der Waals surface area contributed by atoms with Crippen molar-refractivity contribution in [3.63, 3.8) is 0 Å². The van der Waals surface area contributed by atoms with Crippen LogP contribution in [-0.4, -0.2) is 48.0 Å². The summed E-state index contributed by atoms with van der Waals surface area (Å²) in [5, 5.41) is 7.10. The minimum atomic E-state index is -3.36. The van der Waals surface area contributed by atoms with Crippen LogP contribution in [-0.2, 0) is 10.0 Å². The first-order chi connectivity index (χ1) is 13.7. The number of nitrogens with one attached hydrogen (secondary N) is 2. The van der Waals surface area contributed by atoms with Crippen molar-refractivity contribution in [1.82, 2.24) is 15.2 Å². The monoisotopic (exact) mass is 432 g/mol. The van der Waals surface area contributed by atoms with Crippen LogP contribution in [0.5, 0.6) is 5.75 Å². The average molecular weight is 433 g/mol. The summed E-state index contributed by atoms with van der Waals surface area (Å²) >= 11 is 1.24. The third-order valence-electron chi connectivity index (χ3n) is 3.95. The number of nitrogens with zero attached hydrogens (tertiary/aromatic N) is 2. The molecule has 1 aromatic heterocycles. The topological polar surface area (TPSA) is 114 Å². The molecule has 0 bridgehead atoms. The molecule has 3 aromatic rings. The second-order valence-corrected chi connectivity index (χ2v) is 9.33. The van der Waals surface area contributed by atoms with Crippen LogP contribution < -0.4 is 9.46 Å². The van der Waals surface area contributed by atoms with E-state index in [-0.39, 0.29) is 5.78 Å². The summed E-state index contributed by atoms with van der Waals surface area (Å²) in [5.41, 5.74) is 1.75. The van der Waals surface area contributed by atoms with Crippen LogP contribution in [0.1, 0.15) is 17.3 Å². The molecule has 0 fully saturated rings. The third kappa shape index (κ3) is 5.58.